The van der Waals surface area contributed by atoms with Crippen molar-refractivity contribution in [2.24, 2.45) is 5.18 Å². The number of nitroso groups, excluding NO2 is 1. The third-order valence-electron chi connectivity index (χ3n) is 2.10. The fourth-order valence-electron chi connectivity index (χ4n) is 1.13. The van der Waals surface area contributed by atoms with Gasteiger partial charge in [0.1, 0.15) is 6.04 Å². The first-order chi connectivity index (χ1) is 5.64. The fourth-order valence-corrected chi connectivity index (χ4v) is 2.06. The van der Waals surface area contributed by atoms with Crippen LogP contribution >= 0.6 is 11.6 Å². The Morgan fingerprint density at radius 2 is 2.25 bits per heavy atom. The van der Waals surface area contributed by atoms with Gasteiger partial charge in [0, 0.05) is 10.6 Å². The van der Waals surface area contributed by atoms with Gasteiger partial charge in [-0.2, -0.15) is 4.91 Å². The first kappa shape index (κ1) is 10.1. The van der Waals surface area contributed by atoms with Crippen LogP contribution in [0.3, 0.4) is 0 Å². The Kier molecular flexibility index (Phi) is 3.20. The SMILES string of the molecule is O=NC(CCl)CC1(S(=O)[O-])CC1. The van der Waals surface area contributed by atoms with E-state index in [2.05, 4.69) is 5.18 Å². The molecule has 0 N–H and O–H groups in total. The smallest absolute Gasteiger partial charge is 0.107 e. The summed E-state index contributed by atoms with van der Waals surface area (Å²) in [7, 11) is 0. The maximum absolute atomic E-state index is 10.7. The van der Waals surface area contributed by atoms with Gasteiger partial charge in [-0.25, -0.2) is 0 Å². The Bertz CT molecular complexity index is 207. The first-order valence-electron chi connectivity index (χ1n) is 3.62. The summed E-state index contributed by atoms with van der Waals surface area (Å²) < 4.78 is 20.6. The van der Waals surface area contributed by atoms with E-state index in [1.165, 1.54) is 0 Å². The second kappa shape index (κ2) is 3.81. The maximum Gasteiger partial charge on any atom is 0.107 e. The molecule has 0 radical (unpaired) electrons. The molecule has 0 saturated heterocycles. The molecular weight excluding hydrogens is 202 g/mol. The van der Waals surface area contributed by atoms with Crippen molar-refractivity contribution in [3.05, 3.63) is 4.91 Å². The van der Waals surface area contributed by atoms with Crippen molar-refractivity contribution in [3.63, 3.8) is 0 Å². The van der Waals surface area contributed by atoms with E-state index in [1.54, 1.807) is 0 Å². The van der Waals surface area contributed by atoms with Gasteiger partial charge in [0.25, 0.3) is 0 Å². The van der Waals surface area contributed by atoms with Crippen LogP contribution in [0.25, 0.3) is 0 Å². The molecule has 0 aromatic carbocycles. The highest BCUT2D eigenvalue weighted by molar-refractivity contribution is 7.81. The van der Waals surface area contributed by atoms with Crippen LogP contribution in [0.15, 0.2) is 5.18 Å². The van der Waals surface area contributed by atoms with Gasteiger partial charge in [0.2, 0.25) is 0 Å². The Morgan fingerprint density at radius 1 is 1.67 bits per heavy atom. The molecule has 1 fully saturated rings. The molecule has 1 saturated carbocycles. The van der Waals surface area contributed by atoms with Crippen molar-refractivity contribution in [2.75, 3.05) is 5.88 Å². The van der Waals surface area contributed by atoms with Crippen LogP contribution in [0.5, 0.6) is 0 Å². The minimum Gasteiger partial charge on any atom is -0.772 e. The molecule has 0 amide bonds. The molecule has 1 aliphatic carbocycles. The number of alkyl halides is 1. The molecule has 12 heavy (non-hydrogen) atoms. The van der Waals surface area contributed by atoms with Crippen LogP contribution in [0.4, 0.5) is 0 Å². The molecule has 0 aromatic rings. The van der Waals surface area contributed by atoms with Crippen LogP contribution < -0.4 is 0 Å². The molecular formula is C6H9ClNO3S-. The van der Waals surface area contributed by atoms with Gasteiger partial charge in [-0.05, 0) is 30.3 Å². The minimum absolute atomic E-state index is 0.0997. The van der Waals surface area contributed by atoms with Crippen molar-refractivity contribution in [2.45, 2.75) is 30.1 Å². The Hall–Kier alpha value is -0.0000000000000000763. The number of hydrogen-bond donors (Lipinski definition) is 0. The number of halogens is 1. The van der Waals surface area contributed by atoms with Gasteiger partial charge in [-0.15, -0.1) is 11.6 Å². The van der Waals surface area contributed by atoms with Gasteiger partial charge in [0.05, 0.1) is 0 Å². The van der Waals surface area contributed by atoms with E-state index in [-0.39, 0.29) is 12.3 Å². The molecule has 2 unspecified atom stereocenters. The molecule has 0 heterocycles. The summed E-state index contributed by atoms with van der Waals surface area (Å²) in [4.78, 5) is 10.1. The lowest BCUT2D eigenvalue weighted by atomic mass is 10.2. The molecule has 0 aromatic heterocycles. The summed E-state index contributed by atoms with van der Waals surface area (Å²) in [6, 6.07) is -0.563. The van der Waals surface area contributed by atoms with Crippen LogP contribution in [-0.4, -0.2) is 25.4 Å². The number of hydrogen-bond acceptors (Lipinski definition) is 4. The standard InChI is InChI=1S/C6H10ClNO3S/c7-4-5(8-9)3-6(1-2-6)12(10)11/h5H,1-4H2,(H,10,11)/p-1. The molecule has 0 spiro atoms. The van der Waals surface area contributed by atoms with Gasteiger partial charge in [-0.1, -0.05) is 5.18 Å². The predicted molar refractivity (Wildman–Crippen MR) is 45.8 cm³/mol. The second-order valence-corrected chi connectivity index (χ2v) is 4.68. The summed E-state index contributed by atoms with van der Waals surface area (Å²) >= 11 is 3.32. The van der Waals surface area contributed by atoms with E-state index >= 15 is 0 Å². The Labute approximate surface area is 77.9 Å². The summed E-state index contributed by atoms with van der Waals surface area (Å²) in [5, 5.41) is 2.76. The summed E-state index contributed by atoms with van der Waals surface area (Å²) in [5.74, 6) is 0.0997. The molecule has 4 nitrogen and oxygen atoms in total. The molecule has 0 aliphatic heterocycles. The summed E-state index contributed by atoms with van der Waals surface area (Å²) in [6.07, 6.45) is 1.54. The van der Waals surface area contributed by atoms with Crippen LogP contribution in [0, 0.1) is 4.91 Å². The molecule has 6 heteroatoms. The number of nitrogens with zero attached hydrogens (tertiary/aromatic N) is 1. The Morgan fingerprint density at radius 3 is 2.50 bits per heavy atom. The highest BCUT2D eigenvalue weighted by Gasteiger charge is 2.45. The van der Waals surface area contributed by atoms with E-state index in [4.69, 9.17) is 11.6 Å². The van der Waals surface area contributed by atoms with Crippen LogP contribution in [0.1, 0.15) is 19.3 Å². The highest BCUT2D eigenvalue weighted by atomic mass is 35.5. The zero-order valence-corrected chi connectivity index (χ0v) is 7.94. The topological polar surface area (TPSA) is 69.6 Å². The van der Waals surface area contributed by atoms with E-state index in [9.17, 15) is 13.7 Å². The summed E-state index contributed by atoms with van der Waals surface area (Å²) in [6.45, 7) is 0. The van der Waals surface area contributed by atoms with Crippen molar-refractivity contribution >= 4 is 22.7 Å². The molecule has 2 atom stereocenters. The van der Waals surface area contributed by atoms with E-state index < -0.39 is 21.9 Å². The number of rotatable bonds is 5. The van der Waals surface area contributed by atoms with E-state index in [1.807, 2.05) is 0 Å². The first-order valence-corrected chi connectivity index (χ1v) is 5.23. The van der Waals surface area contributed by atoms with Gasteiger partial charge < -0.3 is 4.55 Å². The second-order valence-electron chi connectivity index (χ2n) is 3.04. The lowest BCUT2D eigenvalue weighted by Crippen LogP contribution is -2.23. The zero-order chi connectivity index (χ0) is 9.19. The van der Waals surface area contributed by atoms with Gasteiger partial charge in [-0.3, -0.25) is 4.21 Å². The van der Waals surface area contributed by atoms with Crippen molar-refractivity contribution in [1.29, 1.82) is 0 Å². The van der Waals surface area contributed by atoms with Crippen molar-refractivity contribution < 1.29 is 8.76 Å². The molecule has 0 bridgehead atoms. The largest absolute Gasteiger partial charge is 0.772 e. The normalized spacial score (nSPS) is 24.5. The van der Waals surface area contributed by atoms with E-state index in [0.29, 0.717) is 12.8 Å². The van der Waals surface area contributed by atoms with Crippen molar-refractivity contribution in [3.8, 4) is 0 Å². The maximum atomic E-state index is 10.7. The van der Waals surface area contributed by atoms with Crippen LogP contribution in [-0.2, 0) is 11.1 Å². The molecule has 70 valence electrons. The predicted octanol–water partition coefficient (Wildman–Crippen LogP) is 1.16. The highest BCUT2D eigenvalue weighted by Crippen LogP contribution is 2.45. The third kappa shape index (κ3) is 2.02. The molecule has 1 rings (SSSR count). The third-order valence-corrected chi connectivity index (χ3v) is 3.73. The average Bonchev–Trinajstić information content (AvgIpc) is 2.81. The van der Waals surface area contributed by atoms with Gasteiger partial charge in [0.15, 0.2) is 0 Å². The summed E-state index contributed by atoms with van der Waals surface area (Å²) in [5.41, 5.74) is 0. The van der Waals surface area contributed by atoms with Gasteiger partial charge >= 0.3 is 0 Å². The monoisotopic (exact) mass is 210 g/mol. The Balaban J connectivity index is 2.49. The lowest BCUT2D eigenvalue weighted by molar-refractivity contribution is 0.502. The van der Waals surface area contributed by atoms with E-state index in [0.717, 1.165) is 0 Å². The minimum atomic E-state index is -2.10. The van der Waals surface area contributed by atoms with Crippen molar-refractivity contribution in [1.82, 2.24) is 0 Å². The zero-order valence-electron chi connectivity index (χ0n) is 6.36. The lowest BCUT2D eigenvalue weighted by Gasteiger charge is -2.19. The molecule has 1 aliphatic rings. The fraction of sp³-hybridized carbons (Fsp3) is 1.00. The van der Waals surface area contributed by atoms with Crippen LogP contribution in [0.2, 0.25) is 0 Å². The average molecular weight is 211 g/mol. The quantitative estimate of drug-likeness (QED) is 0.389.